The van der Waals surface area contributed by atoms with Crippen LogP contribution < -0.4 is 4.90 Å². The van der Waals surface area contributed by atoms with E-state index in [1.807, 2.05) is 4.68 Å². The van der Waals surface area contributed by atoms with Crippen LogP contribution in [0.3, 0.4) is 0 Å². The highest BCUT2D eigenvalue weighted by Crippen LogP contribution is 2.27. The van der Waals surface area contributed by atoms with Crippen molar-refractivity contribution in [2.24, 2.45) is 5.92 Å². The van der Waals surface area contributed by atoms with Crippen LogP contribution in [0.5, 0.6) is 0 Å². The van der Waals surface area contributed by atoms with Gasteiger partial charge in [0, 0.05) is 19.6 Å². The minimum Gasteiger partial charge on any atom is -0.370 e. The maximum atomic E-state index is 13.2. The maximum Gasteiger partial charge on any atom is 0.137 e. The molecule has 1 atom stereocenters. The van der Waals surface area contributed by atoms with Gasteiger partial charge in [0.05, 0.1) is 11.3 Å². The van der Waals surface area contributed by atoms with E-state index in [2.05, 4.69) is 21.1 Å². The molecule has 2 aromatic rings. The van der Waals surface area contributed by atoms with E-state index in [0.717, 1.165) is 38.2 Å². The molecular weight excluding hydrogens is 269 g/mol. The number of hydrogen-bond donors (Lipinski definition) is 0. The van der Waals surface area contributed by atoms with Crippen molar-refractivity contribution in [2.45, 2.75) is 19.4 Å². The zero-order valence-electron chi connectivity index (χ0n) is 11.6. The van der Waals surface area contributed by atoms with Gasteiger partial charge >= 0.3 is 0 Å². The molecule has 108 valence electrons. The van der Waals surface area contributed by atoms with E-state index in [-0.39, 0.29) is 5.82 Å². The zero-order chi connectivity index (χ0) is 14.7. The zero-order valence-corrected chi connectivity index (χ0v) is 11.6. The lowest BCUT2D eigenvalue weighted by atomic mass is 9.97. The average molecular weight is 285 g/mol. The Balaban J connectivity index is 1.75. The SMILES string of the molecule is N#Cc1cc(F)ccc1N1CCCC(Cn2cncn2)C1. The van der Waals surface area contributed by atoms with E-state index in [4.69, 9.17) is 0 Å². The monoisotopic (exact) mass is 285 g/mol. The molecule has 6 heteroatoms. The summed E-state index contributed by atoms with van der Waals surface area (Å²) in [4.78, 5) is 6.13. The molecule has 1 fully saturated rings. The molecule has 1 aromatic heterocycles. The number of nitrogens with zero attached hydrogens (tertiary/aromatic N) is 5. The third-order valence-electron chi connectivity index (χ3n) is 3.85. The Labute approximate surface area is 122 Å². The van der Waals surface area contributed by atoms with E-state index in [0.29, 0.717) is 11.5 Å². The Morgan fingerprint density at radius 2 is 2.33 bits per heavy atom. The molecule has 0 amide bonds. The number of rotatable bonds is 3. The highest BCUT2D eigenvalue weighted by molar-refractivity contribution is 5.59. The number of benzene rings is 1. The van der Waals surface area contributed by atoms with Gasteiger partial charge in [-0.1, -0.05) is 0 Å². The summed E-state index contributed by atoms with van der Waals surface area (Å²) in [5, 5.41) is 13.3. The summed E-state index contributed by atoms with van der Waals surface area (Å²) in [6.07, 6.45) is 5.44. The second-order valence-corrected chi connectivity index (χ2v) is 5.35. The van der Waals surface area contributed by atoms with Crippen molar-refractivity contribution in [1.82, 2.24) is 14.8 Å². The molecule has 5 nitrogen and oxygen atoms in total. The molecule has 1 unspecified atom stereocenters. The van der Waals surface area contributed by atoms with Crippen LogP contribution in [-0.2, 0) is 6.54 Å². The summed E-state index contributed by atoms with van der Waals surface area (Å²) >= 11 is 0. The Hall–Kier alpha value is -2.42. The molecule has 0 saturated carbocycles. The third-order valence-corrected chi connectivity index (χ3v) is 3.85. The van der Waals surface area contributed by atoms with Crippen LogP contribution in [-0.4, -0.2) is 27.9 Å². The van der Waals surface area contributed by atoms with E-state index in [1.165, 1.54) is 18.5 Å². The largest absolute Gasteiger partial charge is 0.370 e. The lowest BCUT2D eigenvalue weighted by Gasteiger charge is -2.34. The molecule has 1 aliphatic rings. The first kappa shape index (κ1) is 13.6. The molecule has 2 heterocycles. The molecule has 21 heavy (non-hydrogen) atoms. The Morgan fingerprint density at radius 3 is 3.10 bits per heavy atom. The van der Waals surface area contributed by atoms with Crippen molar-refractivity contribution >= 4 is 5.69 Å². The van der Waals surface area contributed by atoms with Gasteiger partial charge in [0.1, 0.15) is 24.5 Å². The van der Waals surface area contributed by atoms with Crippen molar-refractivity contribution < 1.29 is 4.39 Å². The second kappa shape index (κ2) is 5.92. The van der Waals surface area contributed by atoms with Crippen LogP contribution in [0.1, 0.15) is 18.4 Å². The molecule has 0 spiro atoms. The van der Waals surface area contributed by atoms with E-state index in [9.17, 15) is 9.65 Å². The van der Waals surface area contributed by atoms with Gasteiger partial charge in [-0.25, -0.2) is 9.37 Å². The first-order chi connectivity index (χ1) is 10.3. The lowest BCUT2D eigenvalue weighted by Crippen LogP contribution is -2.37. The predicted octanol–water partition coefficient (Wildman–Crippen LogP) is 2.21. The predicted molar refractivity (Wildman–Crippen MR) is 76.1 cm³/mol. The van der Waals surface area contributed by atoms with E-state index in [1.54, 1.807) is 12.4 Å². The van der Waals surface area contributed by atoms with Crippen molar-refractivity contribution in [2.75, 3.05) is 18.0 Å². The summed E-state index contributed by atoms with van der Waals surface area (Å²) in [6.45, 7) is 2.56. The van der Waals surface area contributed by atoms with Crippen molar-refractivity contribution in [1.29, 1.82) is 5.26 Å². The van der Waals surface area contributed by atoms with Crippen molar-refractivity contribution in [3.8, 4) is 6.07 Å². The second-order valence-electron chi connectivity index (χ2n) is 5.35. The molecule has 0 radical (unpaired) electrons. The van der Waals surface area contributed by atoms with Crippen molar-refractivity contribution in [3.63, 3.8) is 0 Å². The average Bonchev–Trinajstić information content (AvgIpc) is 3.00. The number of halogens is 1. The van der Waals surface area contributed by atoms with Crippen LogP contribution in [0, 0.1) is 23.1 Å². The normalized spacial score (nSPS) is 18.5. The third kappa shape index (κ3) is 3.02. The fourth-order valence-electron chi connectivity index (χ4n) is 2.90. The van der Waals surface area contributed by atoms with Gasteiger partial charge in [0.25, 0.3) is 0 Å². The standard InChI is InChI=1S/C15H16FN5/c16-14-3-4-15(13(6-14)7-17)20-5-1-2-12(8-20)9-21-11-18-10-19-21/h3-4,6,10-12H,1-2,5,8-9H2. The molecule has 1 aliphatic heterocycles. The Kier molecular flexibility index (Phi) is 3.82. The van der Waals surface area contributed by atoms with Crippen LogP contribution in [0.15, 0.2) is 30.9 Å². The van der Waals surface area contributed by atoms with Gasteiger partial charge in [0.15, 0.2) is 0 Å². The first-order valence-corrected chi connectivity index (χ1v) is 7.03. The summed E-state index contributed by atoms with van der Waals surface area (Å²) in [5.74, 6) is 0.0866. The van der Waals surface area contributed by atoms with Gasteiger partial charge in [-0.2, -0.15) is 10.4 Å². The fourth-order valence-corrected chi connectivity index (χ4v) is 2.90. The summed E-state index contributed by atoms with van der Waals surface area (Å²) in [7, 11) is 0. The summed E-state index contributed by atoms with van der Waals surface area (Å²) < 4.78 is 15.1. The summed E-state index contributed by atoms with van der Waals surface area (Å²) in [6, 6.07) is 6.50. The smallest absolute Gasteiger partial charge is 0.137 e. The van der Waals surface area contributed by atoms with E-state index < -0.39 is 0 Å². The first-order valence-electron chi connectivity index (χ1n) is 7.03. The summed E-state index contributed by atoms with van der Waals surface area (Å²) in [5.41, 5.74) is 1.22. The number of piperidine rings is 1. The molecular formula is C15H16FN5. The van der Waals surface area contributed by atoms with Gasteiger partial charge < -0.3 is 4.90 Å². The topological polar surface area (TPSA) is 57.7 Å². The van der Waals surface area contributed by atoms with Crippen LogP contribution in [0.2, 0.25) is 0 Å². The van der Waals surface area contributed by atoms with Gasteiger partial charge in [0.2, 0.25) is 0 Å². The molecule has 1 aromatic carbocycles. The fraction of sp³-hybridized carbons (Fsp3) is 0.400. The van der Waals surface area contributed by atoms with Gasteiger partial charge in [-0.15, -0.1) is 0 Å². The molecule has 3 rings (SSSR count). The maximum absolute atomic E-state index is 13.2. The van der Waals surface area contributed by atoms with E-state index >= 15 is 0 Å². The van der Waals surface area contributed by atoms with Crippen molar-refractivity contribution in [3.05, 3.63) is 42.2 Å². The molecule has 1 saturated heterocycles. The van der Waals surface area contributed by atoms with Crippen LogP contribution in [0.25, 0.3) is 0 Å². The number of aromatic nitrogens is 3. The number of anilines is 1. The van der Waals surface area contributed by atoms with Gasteiger partial charge in [-0.3, -0.25) is 4.68 Å². The molecule has 0 bridgehead atoms. The lowest BCUT2D eigenvalue weighted by molar-refractivity contribution is 0.351. The Bertz CT molecular complexity index is 647. The highest BCUT2D eigenvalue weighted by atomic mass is 19.1. The van der Waals surface area contributed by atoms with Crippen LogP contribution >= 0.6 is 0 Å². The molecule has 0 N–H and O–H groups in total. The minimum atomic E-state index is -0.369. The number of hydrogen-bond acceptors (Lipinski definition) is 4. The number of nitriles is 1. The Morgan fingerprint density at radius 1 is 1.43 bits per heavy atom. The highest BCUT2D eigenvalue weighted by Gasteiger charge is 2.22. The quantitative estimate of drug-likeness (QED) is 0.867. The minimum absolute atomic E-state index is 0.369. The van der Waals surface area contributed by atoms with Crippen LogP contribution in [0.4, 0.5) is 10.1 Å². The van der Waals surface area contributed by atoms with Gasteiger partial charge in [-0.05, 0) is 37.0 Å². The molecule has 0 aliphatic carbocycles.